The van der Waals surface area contributed by atoms with Crippen LogP contribution in [0.3, 0.4) is 0 Å². The molecule has 0 atom stereocenters. The van der Waals surface area contributed by atoms with Crippen molar-refractivity contribution in [1.82, 2.24) is 0 Å². The summed E-state index contributed by atoms with van der Waals surface area (Å²) in [5.74, 6) is 0. The molecule has 1 nitrogen and oxygen atoms in total. The van der Waals surface area contributed by atoms with E-state index in [1.165, 1.54) is 0 Å². The maximum atomic E-state index is 4.47. The van der Waals surface area contributed by atoms with Crippen molar-refractivity contribution in [3.05, 3.63) is 26.0 Å². The Kier molecular flexibility index (Phi) is 50.3. The van der Waals surface area contributed by atoms with Crippen LogP contribution < -0.4 is 0 Å². The van der Waals surface area contributed by atoms with Gasteiger partial charge in [-0.25, -0.2) is 6.58 Å². The van der Waals surface area contributed by atoms with E-state index in [4.69, 9.17) is 0 Å². The van der Waals surface area contributed by atoms with E-state index in [0.29, 0.717) is 6.61 Å². The summed E-state index contributed by atoms with van der Waals surface area (Å²) in [6.45, 7) is 12.8. The fraction of sp³-hybridized carbons (Fsp3) is 0.333. The molecule has 0 aliphatic heterocycles. The third-order valence-corrected chi connectivity index (χ3v) is 0.246. The molecule has 0 amide bonds. The molecule has 0 saturated carbocycles. The Bertz CT molecular complexity index is 37.5. The first-order valence-corrected chi connectivity index (χ1v) is 1.96. The second-order valence-electron chi connectivity index (χ2n) is 0.577. The van der Waals surface area contributed by atoms with E-state index in [0.717, 1.165) is 0 Å². The SMILES string of the molecule is C=[C-]OCC.[CH-]=C.[Ce]. The molecule has 0 aromatic rings. The van der Waals surface area contributed by atoms with Crippen LogP contribution in [-0.2, 0) is 4.74 Å². The molecule has 0 bridgehead atoms. The van der Waals surface area contributed by atoms with Gasteiger partial charge >= 0.3 is 0 Å². The summed E-state index contributed by atoms with van der Waals surface area (Å²) < 4.78 is 4.47. The zero-order valence-electron chi connectivity index (χ0n) is 5.11. The van der Waals surface area contributed by atoms with Crippen molar-refractivity contribution in [3.63, 3.8) is 0 Å². The van der Waals surface area contributed by atoms with Crippen LogP contribution >= 0.6 is 0 Å². The third-order valence-electron chi connectivity index (χ3n) is 0.246. The summed E-state index contributed by atoms with van der Waals surface area (Å²) in [6.07, 6.45) is 2.27. The Balaban J connectivity index is -0.0000000750. The van der Waals surface area contributed by atoms with Crippen LogP contribution in [0.4, 0.5) is 0 Å². The molecule has 0 saturated heterocycles. The molecule has 46 valence electrons. The Morgan fingerprint density at radius 3 is 2.00 bits per heavy atom. The van der Waals surface area contributed by atoms with Gasteiger partial charge in [0.1, 0.15) is 0 Å². The van der Waals surface area contributed by atoms with Crippen LogP contribution in [0, 0.1) is 54.6 Å². The van der Waals surface area contributed by atoms with Gasteiger partial charge in [-0.05, 0) is 6.92 Å². The Labute approximate surface area is 85.2 Å². The van der Waals surface area contributed by atoms with Gasteiger partial charge in [0.15, 0.2) is 0 Å². The van der Waals surface area contributed by atoms with Crippen molar-refractivity contribution in [1.29, 1.82) is 0 Å². The van der Waals surface area contributed by atoms with Crippen LogP contribution in [0.5, 0.6) is 0 Å². The molecule has 0 spiro atoms. The minimum atomic E-state index is 0. The van der Waals surface area contributed by atoms with Crippen LogP contribution in [-0.4, -0.2) is 6.61 Å². The van der Waals surface area contributed by atoms with E-state index in [1.807, 2.05) is 6.92 Å². The van der Waals surface area contributed by atoms with Gasteiger partial charge < -0.3 is 17.6 Å². The van der Waals surface area contributed by atoms with Crippen LogP contribution in [0.25, 0.3) is 0 Å². The smallest absolute Gasteiger partial charge is 0.0424 e. The predicted molar refractivity (Wildman–Crippen MR) is 30.4 cm³/mol. The summed E-state index contributed by atoms with van der Waals surface area (Å²) in [6, 6.07) is 0. The average molecular weight is 238 g/mol. The van der Waals surface area contributed by atoms with Gasteiger partial charge in [0, 0.05) is 48.4 Å². The van der Waals surface area contributed by atoms with Crippen molar-refractivity contribution < 1.29 is 46.5 Å². The molecule has 0 radical (unpaired) electrons. The monoisotopic (exact) mass is 238 g/mol. The van der Waals surface area contributed by atoms with Gasteiger partial charge in [-0.1, -0.05) is 0 Å². The van der Waals surface area contributed by atoms with Crippen LogP contribution in [0.1, 0.15) is 6.92 Å². The van der Waals surface area contributed by atoms with Crippen LogP contribution in [0.15, 0.2) is 13.2 Å². The van der Waals surface area contributed by atoms with Gasteiger partial charge in [-0.3, -0.25) is 6.58 Å². The molecule has 8 heavy (non-hydrogen) atoms. The van der Waals surface area contributed by atoms with Gasteiger partial charge in [-0.15, -0.1) is 0 Å². The fourth-order valence-corrected chi connectivity index (χ4v) is 0.102. The molecule has 0 fully saturated rings. The molecule has 0 rings (SSSR count). The van der Waals surface area contributed by atoms with E-state index < -0.39 is 0 Å². The Morgan fingerprint density at radius 2 is 2.00 bits per heavy atom. The number of hydrogen-bond acceptors (Lipinski definition) is 1. The molecule has 0 N–H and O–H groups in total. The maximum Gasteiger partial charge on any atom is 0.0424 e. The molecular formula is C6H10CeO-2. The molecule has 0 aliphatic carbocycles. The van der Waals surface area contributed by atoms with Gasteiger partial charge in [0.2, 0.25) is 0 Å². The third kappa shape index (κ3) is 30.2. The first-order chi connectivity index (χ1) is 3.41. The number of hydrogen-bond donors (Lipinski definition) is 0. The number of ether oxygens (including phenoxy) is 1. The molecule has 0 aromatic carbocycles. The zero-order valence-corrected chi connectivity index (χ0v) is 8.25. The minimum Gasteiger partial charge on any atom is -0.694 e. The fourth-order valence-electron chi connectivity index (χ4n) is 0.102. The molecule has 0 aliphatic rings. The average Bonchev–Trinajstić information content (AvgIpc) is 1.75. The maximum absolute atomic E-state index is 4.47. The van der Waals surface area contributed by atoms with E-state index in [1.54, 1.807) is 0 Å². The molecule has 0 unspecified atom stereocenters. The molecule has 0 aromatic heterocycles. The van der Waals surface area contributed by atoms with E-state index in [9.17, 15) is 0 Å². The summed E-state index contributed by atoms with van der Waals surface area (Å²) in [7, 11) is 0. The summed E-state index contributed by atoms with van der Waals surface area (Å²) >= 11 is 0. The first kappa shape index (κ1) is 15.9. The largest absolute Gasteiger partial charge is 0.694 e. The topological polar surface area (TPSA) is 9.23 Å². The molecule has 0 heterocycles. The van der Waals surface area contributed by atoms with Crippen molar-refractivity contribution in [3.8, 4) is 0 Å². The van der Waals surface area contributed by atoms with Gasteiger partial charge in [-0.2, -0.15) is 0 Å². The van der Waals surface area contributed by atoms with E-state index in [2.05, 4.69) is 30.7 Å². The zero-order chi connectivity index (χ0) is 6.12. The van der Waals surface area contributed by atoms with Gasteiger partial charge in [0.25, 0.3) is 0 Å². The van der Waals surface area contributed by atoms with Gasteiger partial charge in [0.05, 0.1) is 0 Å². The predicted octanol–water partition coefficient (Wildman–Crippen LogP) is 1.57. The van der Waals surface area contributed by atoms with Crippen molar-refractivity contribution in [2.24, 2.45) is 0 Å². The van der Waals surface area contributed by atoms with E-state index >= 15 is 0 Å². The minimum absolute atomic E-state index is 0. The second-order valence-corrected chi connectivity index (χ2v) is 0.577. The van der Waals surface area contributed by atoms with Crippen molar-refractivity contribution >= 4 is 0 Å². The normalized spacial score (nSPS) is 4.62. The number of rotatable bonds is 2. The quantitative estimate of drug-likeness (QED) is 0.524. The summed E-state index contributed by atoms with van der Waals surface area (Å²) in [5.41, 5.74) is 0. The molecule has 2 heteroatoms. The van der Waals surface area contributed by atoms with Crippen molar-refractivity contribution in [2.45, 2.75) is 6.92 Å². The van der Waals surface area contributed by atoms with Crippen LogP contribution in [0.2, 0.25) is 0 Å². The van der Waals surface area contributed by atoms with Crippen molar-refractivity contribution in [2.75, 3.05) is 6.61 Å². The Hall–Kier alpha value is 0.657. The standard InChI is InChI=1S/C4H7O.C2H3.Ce/c1-3-5-4-2;1-2;/h1,4H2,2H3;1H,2H2;/q2*-1;. The van der Waals surface area contributed by atoms with E-state index in [-0.39, 0.29) is 41.7 Å². The Morgan fingerprint density at radius 1 is 1.62 bits per heavy atom. The summed E-state index contributed by atoms with van der Waals surface area (Å²) in [5, 5.41) is 0. The second kappa shape index (κ2) is 25.4. The molecular weight excluding hydrogens is 228 g/mol. The first-order valence-electron chi connectivity index (χ1n) is 1.96. The summed E-state index contributed by atoms with van der Waals surface area (Å²) in [4.78, 5) is 0.